The van der Waals surface area contributed by atoms with Crippen LogP contribution in [0.25, 0.3) is 11.3 Å². The lowest BCUT2D eigenvalue weighted by atomic mass is 10.1. The third-order valence-electron chi connectivity index (χ3n) is 3.02. The Morgan fingerprint density at radius 2 is 2.00 bits per heavy atom. The number of anilines is 1. The standard InChI is InChI=1S/C14H16N4O2/c15-6-1-7-16-14-5-3-11(17-18-14)10-2-4-12-13(8-10)20-9-19-12/h2-5,8H,1,6-7,9,15H2,(H,16,18). The molecule has 0 saturated heterocycles. The molecular weight excluding hydrogens is 256 g/mol. The minimum Gasteiger partial charge on any atom is -0.454 e. The SMILES string of the molecule is NCCCNc1ccc(-c2ccc3c(c2)OCO3)nn1. The van der Waals surface area contributed by atoms with E-state index in [0.717, 1.165) is 41.5 Å². The molecule has 0 aliphatic carbocycles. The van der Waals surface area contributed by atoms with Crippen molar-refractivity contribution < 1.29 is 9.47 Å². The molecule has 6 nitrogen and oxygen atoms in total. The van der Waals surface area contributed by atoms with Crippen LogP contribution in [0.5, 0.6) is 11.5 Å². The third-order valence-corrected chi connectivity index (χ3v) is 3.02. The average molecular weight is 272 g/mol. The van der Waals surface area contributed by atoms with E-state index in [1.54, 1.807) is 0 Å². The highest BCUT2D eigenvalue weighted by Gasteiger charge is 2.14. The number of nitrogens with one attached hydrogen (secondary N) is 1. The maximum atomic E-state index is 5.44. The third kappa shape index (κ3) is 2.65. The smallest absolute Gasteiger partial charge is 0.231 e. The lowest BCUT2D eigenvalue weighted by Gasteiger charge is -2.05. The van der Waals surface area contributed by atoms with Crippen molar-refractivity contribution in [3.8, 4) is 22.8 Å². The van der Waals surface area contributed by atoms with Crippen LogP contribution < -0.4 is 20.5 Å². The fraction of sp³-hybridized carbons (Fsp3) is 0.286. The quantitative estimate of drug-likeness (QED) is 0.805. The van der Waals surface area contributed by atoms with E-state index in [1.165, 1.54) is 0 Å². The zero-order chi connectivity index (χ0) is 13.8. The second kappa shape index (κ2) is 5.75. The fourth-order valence-electron chi connectivity index (χ4n) is 1.95. The highest BCUT2D eigenvalue weighted by molar-refractivity contribution is 5.64. The summed E-state index contributed by atoms with van der Waals surface area (Å²) >= 11 is 0. The molecule has 1 aromatic heterocycles. The molecule has 2 aromatic rings. The van der Waals surface area contributed by atoms with Gasteiger partial charge in [-0.05, 0) is 43.3 Å². The second-order valence-corrected chi connectivity index (χ2v) is 4.44. The first-order valence-corrected chi connectivity index (χ1v) is 6.54. The summed E-state index contributed by atoms with van der Waals surface area (Å²) in [6, 6.07) is 9.57. The summed E-state index contributed by atoms with van der Waals surface area (Å²) in [5.74, 6) is 2.26. The van der Waals surface area contributed by atoms with E-state index in [4.69, 9.17) is 15.2 Å². The van der Waals surface area contributed by atoms with Gasteiger partial charge in [-0.2, -0.15) is 0 Å². The molecule has 0 atom stereocenters. The Morgan fingerprint density at radius 3 is 2.80 bits per heavy atom. The summed E-state index contributed by atoms with van der Waals surface area (Å²) in [7, 11) is 0. The number of benzene rings is 1. The Balaban J connectivity index is 1.74. The van der Waals surface area contributed by atoms with Crippen LogP contribution in [-0.4, -0.2) is 30.1 Å². The summed E-state index contributed by atoms with van der Waals surface area (Å²) in [6.07, 6.45) is 0.908. The van der Waals surface area contributed by atoms with Crippen LogP contribution in [0.3, 0.4) is 0 Å². The fourth-order valence-corrected chi connectivity index (χ4v) is 1.95. The van der Waals surface area contributed by atoms with Crippen molar-refractivity contribution in [3.05, 3.63) is 30.3 Å². The molecule has 1 aliphatic heterocycles. The number of nitrogens with zero attached hydrogens (tertiary/aromatic N) is 2. The zero-order valence-electron chi connectivity index (χ0n) is 11.0. The van der Waals surface area contributed by atoms with Gasteiger partial charge in [0.15, 0.2) is 11.5 Å². The van der Waals surface area contributed by atoms with Gasteiger partial charge in [-0.3, -0.25) is 0 Å². The minimum atomic E-state index is 0.272. The number of nitrogens with two attached hydrogens (primary N) is 1. The van der Waals surface area contributed by atoms with Gasteiger partial charge in [0.2, 0.25) is 6.79 Å². The van der Waals surface area contributed by atoms with E-state index in [-0.39, 0.29) is 6.79 Å². The van der Waals surface area contributed by atoms with E-state index >= 15 is 0 Å². The van der Waals surface area contributed by atoms with Crippen LogP contribution in [0.2, 0.25) is 0 Å². The van der Waals surface area contributed by atoms with E-state index < -0.39 is 0 Å². The van der Waals surface area contributed by atoms with Crippen molar-refractivity contribution in [2.75, 3.05) is 25.2 Å². The molecule has 3 N–H and O–H groups in total. The lowest BCUT2D eigenvalue weighted by molar-refractivity contribution is 0.174. The molecule has 0 radical (unpaired) electrons. The van der Waals surface area contributed by atoms with Gasteiger partial charge >= 0.3 is 0 Å². The predicted octanol–water partition coefficient (Wildman–Crippen LogP) is 1.63. The number of hydrogen-bond donors (Lipinski definition) is 2. The van der Waals surface area contributed by atoms with Crippen molar-refractivity contribution in [2.24, 2.45) is 5.73 Å². The largest absolute Gasteiger partial charge is 0.454 e. The summed E-state index contributed by atoms with van der Waals surface area (Å²) in [4.78, 5) is 0. The second-order valence-electron chi connectivity index (χ2n) is 4.44. The number of hydrogen-bond acceptors (Lipinski definition) is 6. The Morgan fingerprint density at radius 1 is 1.10 bits per heavy atom. The van der Waals surface area contributed by atoms with Crippen molar-refractivity contribution in [1.82, 2.24) is 10.2 Å². The summed E-state index contributed by atoms with van der Waals surface area (Å²) < 4.78 is 10.6. The van der Waals surface area contributed by atoms with Crippen LogP contribution in [0.15, 0.2) is 30.3 Å². The Kier molecular flexibility index (Phi) is 3.64. The zero-order valence-corrected chi connectivity index (χ0v) is 11.0. The number of rotatable bonds is 5. The maximum Gasteiger partial charge on any atom is 0.231 e. The monoisotopic (exact) mass is 272 g/mol. The van der Waals surface area contributed by atoms with E-state index in [0.29, 0.717) is 6.54 Å². The molecule has 0 bridgehead atoms. The Labute approximate surface area is 116 Å². The molecule has 0 spiro atoms. The normalized spacial score (nSPS) is 12.4. The summed E-state index contributed by atoms with van der Waals surface area (Å²) in [5, 5.41) is 11.5. The van der Waals surface area contributed by atoms with Gasteiger partial charge in [-0.25, -0.2) is 0 Å². The van der Waals surface area contributed by atoms with Gasteiger partial charge in [0.25, 0.3) is 0 Å². The van der Waals surface area contributed by atoms with Crippen molar-refractivity contribution in [3.63, 3.8) is 0 Å². The van der Waals surface area contributed by atoms with Crippen LogP contribution >= 0.6 is 0 Å². The average Bonchev–Trinajstić information content (AvgIpc) is 2.96. The van der Waals surface area contributed by atoms with Gasteiger partial charge in [0.1, 0.15) is 5.82 Å². The first kappa shape index (κ1) is 12.7. The number of aromatic nitrogens is 2. The van der Waals surface area contributed by atoms with Crippen molar-refractivity contribution in [1.29, 1.82) is 0 Å². The van der Waals surface area contributed by atoms with Crippen molar-refractivity contribution in [2.45, 2.75) is 6.42 Å². The van der Waals surface area contributed by atoms with Gasteiger partial charge in [-0.1, -0.05) is 0 Å². The van der Waals surface area contributed by atoms with Crippen LogP contribution in [0, 0.1) is 0 Å². The molecule has 104 valence electrons. The highest BCUT2D eigenvalue weighted by Crippen LogP contribution is 2.35. The predicted molar refractivity (Wildman–Crippen MR) is 75.8 cm³/mol. The number of ether oxygens (including phenoxy) is 2. The van der Waals surface area contributed by atoms with E-state index in [1.807, 2.05) is 30.3 Å². The summed E-state index contributed by atoms with van der Waals surface area (Å²) in [5.41, 5.74) is 7.19. The summed E-state index contributed by atoms with van der Waals surface area (Å²) in [6.45, 7) is 1.73. The van der Waals surface area contributed by atoms with Crippen LogP contribution in [0.4, 0.5) is 5.82 Å². The first-order chi connectivity index (χ1) is 9.86. The molecule has 3 rings (SSSR count). The topological polar surface area (TPSA) is 82.3 Å². The van der Waals surface area contributed by atoms with Crippen molar-refractivity contribution >= 4 is 5.82 Å². The molecule has 2 heterocycles. The molecule has 0 amide bonds. The highest BCUT2D eigenvalue weighted by atomic mass is 16.7. The Hall–Kier alpha value is -2.34. The van der Waals surface area contributed by atoms with Gasteiger partial charge < -0.3 is 20.5 Å². The van der Waals surface area contributed by atoms with Gasteiger partial charge in [-0.15, -0.1) is 10.2 Å². The van der Waals surface area contributed by atoms with E-state index in [2.05, 4.69) is 15.5 Å². The first-order valence-electron chi connectivity index (χ1n) is 6.54. The van der Waals surface area contributed by atoms with Gasteiger partial charge in [0.05, 0.1) is 5.69 Å². The molecule has 0 saturated carbocycles. The Bertz CT molecular complexity index is 586. The molecule has 20 heavy (non-hydrogen) atoms. The van der Waals surface area contributed by atoms with Gasteiger partial charge in [0, 0.05) is 12.1 Å². The minimum absolute atomic E-state index is 0.272. The van der Waals surface area contributed by atoms with Crippen LogP contribution in [0.1, 0.15) is 6.42 Å². The van der Waals surface area contributed by atoms with Crippen LogP contribution in [-0.2, 0) is 0 Å². The van der Waals surface area contributed by atoms with E-state index in [9.17, 15) is 0 Å². The molecule has 0 fully saturated rings. The lowest BCUT2D eigenvalue weighted by Crippen LogP contribution is -2.09. The molecule has 0 unspecified atom stereocenters. The maximum absolute atomic E-state index is 5.44. The molecule has 6 heteroatoms. The molecule has 1 aliphatic rings. The number of fused-ring (bicyclic) bond motifs is 1. The molecule has 1 aromatic carbocycles. The molecular formula is C14H16N4O2.